The summed E-state index contributed by atoms with van der Waals surface area (Å²) in [6.07, 6.45) is 4.76. The van der Waals surface area contributed by atoms with Gasteiger partial charge in [-0.3, -0.25) is 0 Å². The van der Waals surface area contributed by atoms with Crippen LogP contribution < -0.4 is 0 Å². The predicted octanol–water partition coefficient (Wildman–Crippen LogP) is 5.31. The maximum absolute atomic E-state index is 5.93. The van der Waals surface area contributed by atoms with Crippen molar-refractivity contribution < 1.29 is 9.47 Å². The number of benzene rings is 2. The summed E-state index contributed by atoms with van der Waals surface area (Å²) in [6.45, 7) is 3.41. The van der Waals surface area contributed by atoms with Crippen LogP contribution in [0.15, 0.2) is 60.7 Å². The standard InChI is InChI=1S/C22H21ClO2/c1-2-3-4-18-15-24-22(25-16-18)14-7-17-5-8-19(9-6-17)20-10-12-21(23)13-11-20/h2-3,5-6,8-13,18,22H,4,15-16H2,1H3. The van der Waals surface area contributed by atoms with Gasteiger partial charge in [0.1, 0.15) is 0 Å². The zero-order valence-corrected chi connectivity index (χ0v) is 15.0. The fourth-order valence-electron chi connectivity index (χ4n) is 2.62. The van der Waals surface area contributed by atoms with Crippen LogP contribution in [0, 0.1) is 17.8 Å². The average molecular weight is 353 g/mol. The molecule has 0 bridgehead atoms. The molecule has 2 aromatic rings. The molecule has 2 nitrogen and oxygen atoms in total. The van der Waals surface area contributed by atoms with Crippen molar-refractivity contribution in [3.63, 3.8) is 0 Å². The van der Waals surface area contributed by atoms with E-state index in [2.05, 4.69) is 36.1 Å². The van der Waals surface area contributed by atoms with Crippen LogP contribution in [-0.2, 0) is 9.47 Å². The van der Waals surface area contributed by atoms with E-state index in [1.54, 1.807) is 0 Å². The van der Waals surface area contributed by atoms with Crippen LogP contribution in [0.3, 0.4) is 0 Å². The molecule has 0 unspecified atom stereocenters. The molecule has 0 aromatic heterocycles. The number of hydrogen-bond donors (Lipinski definition) is 0. The average Bonchev–Trinajstić information content (AvgIpc) is 2.67. The van der Waals surface area contributed by atoms with Crippen molar-refractivity contribution in [2.24, 2.45) is 5.92 Å². The third-order valence-electron chi connectivity index (χ3n) is 4.07. The Hall–Kier alpha value is -2.05. The first-order chi connectivity index (χ1) is 12.2. The molecule has 1 aliphatic rings. The number of rotatable bonds is 3. The van der Waals surface area contributed by atoms with E-state index in [1.165, 1.54) is 0 Å². The minimum absolute atomic E-state index is 0.424. The van der Waals surface area contributed by atoms with Crippen LogP contribution in [0.2, 0.25) is 5.02 Å². The Balaban J connectivity index is 1.58. The zero-order valence-electron chi connectivity index (χ0n) is 14.2. The first-order valence-corrected chi connectivity index (χ1v) is 8.84. The zero-order chi connectivity index (χ0) is 17.5. The molecule has 3 rings (SSSR count). The van der Waals surface area contributed by atoms with Gasteiger partial charge in [-0.05, 0) is 54.7 Å². The van der Waals surface area contributed by atoms with Crippen LogP contribution in [-0.4, -0.2) is 19.5 Å². The maximum atomic E-state index is 5.93. The largest absolute Gasteiger partial charge is 0.342 e. The van der Waals surface area contributed by atoms with Crippen LogP contribution in [0.1, 0.15) is 18.9 Å². The van der Waals surface area contributed by atoms with Crippen LogP contribution >= 0.6 is 11.6 Å². The Morgan fingerprint density at radius 3 is 2.20 bits per heavy atom. The highest BCUT2D eigenvalue weighted by atomic mass is 35.5. The topological polar surface area (TPSA) is 18.5 Å². The summed E-state index contributed by atoms with van der Waals surface area (Å²) in [5, 5.41) is 0.742. The van der Waals surface area contributed by atoms with Crippen molar-refractivity contribution in [2.45, 2.75) is 19.6 Å². The summed E-state index contributed by atoms with van der Waals surface area (Å²) in [4.78, 5) is 0. The summed E-state index contributed by atoms with van der Waals surface area (Å²) in [7, 11) is 0. The molecule has 128 valence electrons. The lowest BCUT2D eigenvalue weighted by Gasteiger charge is -2.25. The van der Waals surface area contributed by atoms with Gasteiger partial charge >= 0.3 is 0 Å². The van der Waals surface area contributed by atoms with E-state index >= 15 is 0 Å². The van der Waals surface area contributed by atoms with E-state index in [0.29, 0.717) is 19.1 Å². The first kappa shape index (κ1) is 17.8. The minimum Gasteiger partial charge on any atom is -0.342 e. The number of ether oxygens (including phenoxy) is 2. The third kappa shape index (κ3) is 5.21. The molecule has 0 spiro atoms. The molecule has 1 saturated heterocycles. The molecule has 0 saturated carbocycles. The highest BCUT2D eigenvalue weighted by Gasteiger charge is 2.19. The fourth-order valence-corrected chi connectivity index (χ4v) is 2.75. The Morgan fingerprint density at radius 2 is 1.60 bits per heavy atom. The maximum Gasteiger partial charge on any atom is 0.222 e. The predicted molar refractivity (Wildman–Crippen MR) is 102 cm³/mol. The second kappa shape index (κ2) is 8.87. The third-order valence-corrected chi connectivity index (χ3v) is 4.32. The Morgan fingerprint density at radius 1 is 1.00 bits per heavy atom. The molecule has 1 aliphatic heterocycles. The Bertz CT molecular complexity index is 758. The van der Waals surface area contributed by atoms with Gasteiger partial charge in [0.15, 0.2) is 0 Å². The molecule has 1 heterocycles. The lowest BCUT2D eigenvalue weighted by Crippen LogP contribution is -2.30. The van der Waals surface area contributed by atoms with Crippen molar-refractivity contribution in [1.29, 1.82) is 0 Å². The van der Waals surface area contributed by atoms with Crippen LogP contribution in [0.4, 0.5) is 0 Å². The first-order valence-electron chi connectivity index (χ1n) is 8.46. The van der Waals surface area contributed by atoms with Gasteiger partial charge in [0.05, 0.1) is 13.2 Å². The number of halogens is 1. The summed E-state index contributed by atoms with van der Waals surface area (Å²) in [6, 6.07) is 15.9. The highest BCUT2D eigenvalue weighted by molar-refractivity contribution is 6.30. The van der Waals surface area contributed by atoms with Crippen molar-refractivity contribution in [3.05, 3.63) is 71.3 Å². The monoisotopic (exact) mass is 352 g/mol. The van der Waals surface area contributed by atoms with Gasteiger partial charge in [0.25, 0.3) is 0 Å². The molecule has 0 atom stereocenters. The molecule has 0 N–H and O–H groups in total. The number of allylic oxidation sites excluding steroid dienone is 2. The van der Waals surface area contributed by atoms with Crippen molar-refractivity contribution >= 4 is 11.6 Å². The van der Waals surface area contributed by atoms with Gasteiger partial charge in [0.2, 0.25) is 6.29 Å². The Kier molecular flexibility index (Phi) is 6.30. The summed E-state index contributed by atoms with van der Waals surface area (Å²) in [5.74, 6) is 6.60. The molecule has 2 aromatic carbocycles. The van der Waals surface area contributed by atoms with Crippen LogP contribution in [0.5, 0.6) is 0 Å². The second-order valence-electron chi connectivity index (χ2n) is 6.02. The minimum atomic E-state index is -0.433. The van der Waals surface area contributed by atoms with Crippen molar-refractivity contribution in [3.8, 4) is 23.0 Å². The van der Waals surface area contributed by atoms with Gasteiger partial charge < -0.3 is 9.47 Å². The van der Waals surface area contributed by atoms with E-state index in [9.17, 15) is 0 Å². The van der Waals surface area contributed by atoms with Gasteiger partial charge in [0, 0.05) is 16.5 Å². The molecule has 3 heteroatoms. The van der Waals surface area contributed by atoms with Gasteiger partial charge in [-0.25, -0.2) is 0 Å². The van der Waals surface area contributed by atoms with Crippen molar-refractivity contribution in [2.75, 3.05) is 13.2 Å². The highest BCUT2D eigenvalue weighted by Crippen LogP contribution is 2.22. The van der Waals surface area contributed by atoms with Crippen molar-refractivity contribution in [1.82, 2.24) is 0 Å². The van der Waals surface area contributed by atoms with E-state index < -0.39 is 6.29 Å². The van der Waals surface area contributed by atoms with E-state index in [1.807, 2.05) is 43.3 Å². The van der Waals surface area contributed by atoms with Gasteiger partial charge in [-0.15, -0.1) is 0 Å². The summed E-state index contributed by atoms with van der Waals surface area (Å²) >= 11 is 5.93. The second-order valence-corrected chi connectivity index (χ2v) is 6.46. The lowest BCUT2D eigenvalue weighted by atomic mass is 10.0. The fraction of sp³-hybridized carbons (Fsp3) is 0.273. The smallest absolute Gasteiger partial charge is 0.222 e. The van der Waals surface area contributed by atoms with Gasteiger partial charge in [-0.2, -0.15) is 0 Å². The lowest BCUT2D eigenvalue weighted by molar-refractivity contribution is -0.168. The van der Waals surface area contributed by atoms with E-state index in [4.69, 9.17) is 21.1 Å². The summed E-state index contributed by atoms with van der Waals surface area (Å²) in [5.41, 5.74) is 3.22. The quantitative estimate of drug-likeness (QED) is 0.550. The van der Waals surface area contributed by atoms with E-state index in [-0.39, 0.29) is 0 Å². The van der Waals surface area contributed by atoms with Gasteiger partial charge in [-0.1, -0.05) is 53.9 Å². The number of hydrogen-bond acceptors (Lipinski definition) is 2. The molecule has 0 aliphatic carbocycles. The van der Waals surface area contributed by atoms with Crippen LogP contribution in [0.25, 0.3) is 11.1 Å². The Labute approximate surface area is 154 Å². The van der Waals surface area contributed by atoms with E-state index in [0.717, 1.165) is 28.1 Å². The SMILES string of the molecule is CC=CCC1COC(C#Cc2ccc(-c3ccc(Cl)cc3)cc2)OC1. The molecule has 1 fully saturated rings. The normalized spacial score (nSPS) is 20.2. The molecule has 0 amide bonds. The molecular weight excluding hydrogens is 332 g/mol. The molecule has 0 radical (unpaired) electrons. The molecule has 25 heavy (non-hydrogen) atoms. The summed E-state index contributed by atoms with van der Waals surface area (Å²) < 4.78 is 11.3. The molecular formula is C22H21ClO2.